The maximum absolute atomic E-state index is 10.5. The van der Waals surface area contributed by atoms with Gasteiger partial charge in [-0.2, -0.15) is 5.10 Å². The highest BCUT2D eigenvalue weighted by Crippen LogP contribution is 2.26. The van der Waals surface area contributed by atoms with Crippen molar-refractivity contribution in [1.29, 1.82) is 0 Å². The smallest absolute Gasteiger partial charge is 0.0650 e. The number of hydrogen-bond donors (Lipinski definition) is 1. The lowest BCUT2D eigenvalue weighted by Crippen LogP contribution is -2.24. The van der Waals surface area contributed by atoms with Crippen LogP contribution in [0.4, 0.5) is 0 Å². The van der Waals surface area contributed by atoms with Crippen molar-refractivity contribution in [3.05, 3.63) is 18.0 Å². The molecule has 0 aromatic carbocycles. The van der Waals surface area contributed by atoms with Crippen LogP contribution >= 0.6 is 0 Å². The molecule has 1 heterocycles. The van der Waals surface area contributed by atoms with Gasteiger partial charge in [0, 0.05) is 18.7 Å². The Hall–Kier alpha value is -0.830. The van der Waals surface area contributed by atoms with Crippen LogP contribution in [-0.4, -0.2) is 21.0 Å². The summed E-state index contributed by atoms with van der Waals surface area (Å²) >= 11 is 0. The molecule has 2 rings (SSSR count). The summed E-state index contributed by atoms with van der Waals surface area (Å²) in [6.07, 6.45) is 12.6. The molecule has 2 unspecified atom stereocenters. The molecular formula is C17H30N2O. The van der Waals surface area contributed by atoms with Gasteiger partial charge in [-0.15, -0.1) is 0 Å². The van der Waals surface area contributed by atoms with Gasteiger partial charge >= 0.3 is 0 Å². The highest BCUT2D eigenvalue weighted by molar-refractivity contribution is 5.02. The molecule has 114 valence electrons. The van der Waals surface area contributed by atoms with Crippen molar-refractivity contribution < 1.29 is 5.11 Å². The fraction of sp³-hybridized carbons (Fsp3) is 0.824. The Kier molecular flexibility index (Phi) is 6.08. The van der Waals surface area contributed by atoms with E-state index in [-0.39, 0.29) is 6.10 Å². The van der Waals surface area contributed by atoms with Gasteiger partial charge in [0.05, 0.1) is 11.8 Å². The summed E-state index contributed by atoms with van der Waals surface area (Å²) in [4.78, 5) is 0. The SMILES string of the molecule is CCC(C)n1ccc(CC(O)C2CCCCCCC2)n1. The molecule has 0 bridgehead atoms. The highest BCUT2D eigenvalue weighted by Gasteiger charge is 2.21. The molecule has 1 aromatic rings. The highest BCUT2D eigenvalue weighted by atomic mass is 16.3. The Bertz CT molecular complexity index is 380. The molecule has 0 aliphatic heterocycles. The van der Waals surface area contributed by atoms with E-state index in [0.717, 1.165) is 12.1 Å². The van der Waals surface area contributed by atoms with E-state index in [1.54, 1.807) is 0 Å². The van der Waals surface area contributed by atoms with Crippen LogP contribution in [0.15, 0.2) is 12.3 Å². The van der Waals surface area contributed by atoms with Gasteiger partial charge in [0.25, 0.3) is 0 Å². The molecule has 1 saturated carbocycles. The first-order chi connectivity index (χ1) is 9.70. The molecule has 1 aliphatic rings. The van der Waals surface area contributed by atoms with E-state index < -0.39 is 0 Å². The minimum Gasteiger partial charge on any atom is -0.392 e. The predicted octanol–water partition coefficient (Wildman–Crippen LogP) is 4.12. The van der Waals surface area contributed by atoms with Crippen molar-refractivity contribution in [1.82, 2.24) is 9.78 Å². The topological polar surface area (TPSA) is 38.0 Å². The lowest BCUT2D eigenvalue weighted by Gasteiger charge is -2.24. The van der Waals surface area contributed by atoms with Crippen LogP contribution in [0.2, 0.25) is 0 Å². The Morgan fingerprint density at radius 1 is 1.25 bits per heavy atom. The van der Waals surface area contributed by atoms with Crippen LogP contribution in [0.1, 0.15) is 76.9 Å². The van der Waals surface area contributed by atoms with Crippen molar-refractivity contribution in [3.8, 4) is 0 Å². The lowest BCUT2D eigenvalue weighted by molar-refractivity contribution is 0.0902. The first-order valence-corrected chi connectivity index (χ1v) is 8.42. The number of aliphatic hydroxyl groups excluding tert-OH is 1. The van der Waals surface area contributed by atoms with Crippen molar-refractivity contribution >= 4 is 0 Å². The number of hydrogen-bond acceptors (Lipinski definition) is 2. The van der Waals surface area contributed by atoms with E-state index in [1.165, 1.54) is 44.9 Å². The molecule has 2 atom stereocenters. The lowest BCUT2D eigenvalue weighted by atomic mass is 9.85. The Labute approximate surface area is 123 Å². The third-order valence-electron chi connectivity index (χ3n) is 4.82. The Morgan fingerprint density at radius 2 is 1.90 bits per heavy atom. The second-order valence-electron chi connectivity index (χ2n) is 6.42. The normalized spacial score (nSPS) is 21.1. The van der Waals surface area contributed by atoms with Gasteiger partial charge in [-0.25, -0.2) is 0 Å². The molecule has 3 nitrogen and oxygen atoms in total. The molecule has 0 saturated heterocycles. The second kappa shape index (κ2) is 7.82. The fourth-order valence-electron chi connectivity index (χ4n) is 3.17. The maximum Gasteiger partial charge on any atom is 0.0650 e. The van der Waals surface area contributed by atoms with Gasteiger partial charge in [-0.1, -0.05) is 39.0 Å². The number of nitrogens with zero attached hydrogens (tertiary/aromatic N) is 2. The second-order valence-corrected chi connectivity index (χ2v) is 6.42. The quantitative estimate of drug-likeness (QED) is 0.880. The molecule has 1 fully saturated rings. The summed E-state index contributed by atoms with van der Waals surface area (Å²) in [7, 11) is 0. The number of rotatable bonds is 5. The van der Waals surface area contributed by atoms with Crippen LogP contribution in [0.25, 0.3) is 0 Å². The molecule has 1 aromatic heterocycles. The largest absolute Gasteiger partial charge is 0.392 e. The number of aromatic nitrogens is 2. The van der Waals surface area contributed by atoms with Gasteiger partial charge < -0.3 is 5.11 Å². The predicted molar refractivity (Wildman–Crippen MR) is 82.7 cm³/mol. The van der Waals surface area contributed by atoms with Crippen molar-refractivity contribution in [2.75, 3.05) is 0 Å². The van der Waals surface area contributed by atoms with E-state index in [2.05, 4.69) is 25.0 Å². The van der Waals surface area contributed by atoms with Crippen molar-refractivity contribution in [2.45, 2.75) is 83.8 Å². The molecule has 0 amide bonds. The Balaban J connectivity index is 1.89. The summed E-state index contributed by atoms with van der Waals surface area (Å²) < 4.78 is 2.03. The van der Waals surface area contributed by atoms with Gasteiger partial charge in [-0.05, 0) is 38.2 Å². The van der Waals surface area contributed by atoms with Gasteiger partial charge in [-0.3, -0.25) is 4.68 Å². The Morgan fingerprint density at radius 3 is 2.55 bits per heavy atom. The summed E-state index contributed by atoms with van der Waals surface area (Å²) in [6.45, 7) is 4.36. The minimum atomic E-state index is -0.214. The standard InChI is InChI=1S/C17H30N2O/c1-3-14(2)19-12-11-16(18-19)13-17(20)15-9-7-5-4-6-8-10-15/h11-12,14-15,17,20H,3-10,13H2,1-2H3. The minimum absolute atomic E-state index is 0.214. The van der Waals surface area contributed by atoms with Crippen LogP contribution in [0.5, 0.6) is 0 Å². The average Bonchev–Trinajstić information content (AvgIpc) is 2.85. The van der Waals surface area contributed by atoms with E-state index in [9.17, 15) is 5.11 Å². The molecule has 0 spiro atoms. The van der Waals surface area contributed by atoms with Crippen molar-refractivity contribution in [2.24, 2.45) is 5.92 Å². The molecular weight excluding hydrogens is 248 g/mol. The third-order valence-corrected chi connectivity index (χ3v) is 4.82. The summed E-state index contributed by atoms with van der Waals surface area (Å²) in [5.74, 6) is 0.476. The first-order valence-electron chi connectivity index (χ1n) is 8.42. The summed E-state index contributed by atoms with van der Waals surface area (Å²) in [5, 5.41) is 15.1. The summed E-state index contributed by atoms with van der Waals surface area (Å²) in [6, 6.07) is 2.51. The summed E-state index contributed by atoms with van der Waals surface area (Å²) in [5.41, 5.74) is 1.04. The van der Waals surface area contributed by atoms with Crippen molar-refractivity contribution in [3.63, 3.8) is 0 Å². The number of aliphatic hydroxyl groups is 1. The van der Waals surface area contributed by atoms with Gasteiger partial charge in [0.2, 0.25) is 0 Å². The maximum atomic E-state index is 10.5. The zero-order chi connectivity index (χ0) is 14.4. The molecule has 1 N–H and O–H groups in total. The van der Waals surface area contributed by atoms with E-state index in [1.807, 2.05) is 10.9 Å². The van der Waals surface area contributed by atoms with E-state index in [0.29, 0.717) is 18.4 Å². The molecule has 1 aliphatic carbocycles. The van der Waals surface area contributed by atoms with Crippen LogP contribution in [0, 0.1) is 5.92 Å². The van der Waals surface area contributed by atoms with Gasteiger partial charge in [0.15, 0.2) is 0 Å². The van der Waals surface area contributed by atoms with Gasteiger partial charge in [0.1, 0.15) is 0 Å². The van der Waals surface area contributed by atoms with E-state index >= 15 is 0 Å². The van der Waals surface area contributed by atoms with Crippen LogP contribution < -0.4 is 0 Å². The van der Waals surface area contributed by atoms with Crippen LogP contribution in [-0.2, 0) is 6.42 Å². The molecule has 0 radical (unpaired) electrons. The zero-order valence-corrected chi connectivity index (χ0v) is 13.1. The zero-order valence-electron chi connectivity index (χ0n) is 13.1. The third kappa shape index (κ3) is 4.34. The molecule has 3 heteroatoms. The fourth-order valence-corrected chi connectivity index (χ4v) is 3.17. The monoisotopic (exact) mass is 278 g/mol. The first kappa shape index (κ1) is 15.6. The average molecular weight is 278 g/mol. The molecule has 20 heavy (non-hydrogen) atoms. The van der Waals surface area contributed by atoms with Crippen LogP contribution in [0.3, 0.4) is 0 Å². The van der Waals surface area contributed by atoms with E-state index in [4.69, 9.17) is 0 Å².